The molecule has 1 aromatic heterocycles. The number of carbonyl (C=O) groups is 1. The molecule has 2 aromatic carbocycles. The number of nitrogens with one attached hydrogen (secondary N) is 1. The quantitative estimate of drug-likeness (QED) is 0.461. The summed E-state index contributed by atoms with van der Waals surface area (Å²) in [5.41, 5.74) is 5.98. The summed E-state index contributed by atoms with van der Waals surface area (Å²) in [6, 6.07) is 16.1. The van der Waals surface area contributed by atoms with Crippen molar-refractivity contribution in [1.82, 2.24) is 14.9 Å². The Balaban J connectivity index is 1.77. The van der Waals surface area contributed by atoms with Gasteiger partial charge in [-0.15, -0.1) is 0 Å². The van der Waals surface area contributed by atoms with Crippen molar-refractivity contribution in [2.75, 3.05) is 19.7 Å². The van der Waals surface area contributed by atoms with Crippen molar-refractivity contribution >= 4 is 16.8 Å². The molecule has 3 aromatic rings. The number of fused-ring (bicyclic) bond motifs is 1. The molecule has 0 unspecified atom stereocenters. The minimum atomic E-state index is -0.390. The smallest absolute Gasteiger partial charge is 0.261 e. The van der Waals surface area contributed by atoms with Gasteiger partial charge in [0.25, 0.3) is 11.5 Å². The Kier molecular flexibility index (Phi) is 8.18. The Morgan fingerprint density at radius 3 is 2.55 bits per heavy atom. The third kappa shape index (κ3) is 6.15. The fourth-order valence-corrected chi connectivity index (χ4v) is 3.51. The molecule has 164 valence electrons. The summed E-state index contributed by atoms with van der Waals surface area (Å²) in [6.45, 7) is 3.04. The van der Waals surface area contributed by atoms with Crippen LogP contribution in [0.5, 0.6) is 5.75 Å². The van der Waals surface area contributed by atoms with E-state index in [0.29, 0.717) is 35.6 Å². The van der Waals surface area contributed by atoms with Crippen LogP contribution in [0.4, 0.5) is 0 Å². The van der Waals surface area contributed by atoms with E-state index in [9.17, 15) is 9.59 Å². The summed E-state index contributed by atoms with van der Waals surface area (Å²) < 4.78 is 5.67. The number of carbonyl (C=O) groups excluding carboxylic acids is 1. The van der Waals surface area contributed by atoms with E-state index in [-0.39, 0.29) is 18.1 Å². The number of nitrogens with two attached hydrogens (primary N) is 1. The first-order valence-corrected chi connectivity index (χ1v) is 10.8. The van der Waals surface area contributed by atoms with E-state index < -0.39 is 6.04 Å². The number of H-pyrrole nitrogens is 1. The monoisotopic (exact) mass is 422 g/mol. The van der Waals surface area contributed by atoms with Crippen LogP contribution in [0.3, 0.4) is 0 Å². The summed E-state index contributed by atoms with van der Waals surface area (Å²) in [5, 5.41) is 0.533. The molecular formula is C24H30N4O3. The number of para-hydroxylation sites is 2. The van der Waals surface area contributed by atoms with E-state index in [1.807, 2.05) is 43.3 Å². The molecule has 7 nitrogen and oxygen atoms in total. The molecule has 31 heavy (non-hydrogen) atoms. The molecule has 0 radical (unpaired) electrons. The van der Waals surface area contributed by atoms with E-state index >= 15 is 0 Å². The maximum absolute atomic E-state index is 13.1. The highest BCUT2D eigenvalue weighted by atomic mass is 16.5. The van der Waals surface area contributed by atoms with E-state index in [1.54, 1.807) is 23.1 Å². The topological polar surface area (TPSA) is 101 Å². The zero-order valence-electron chi connectivity index (χ0n) is 17.9. The predicted molar refractivity (Wildman–Crippen MR) is 122 cm³/mol. The van der Waals surface area contributed by atoms with Crippen LogP contribution >= 0.6 is 0 Å². The second-order valence-corrected chi connectivity index (χ2v) is 7.54. The van der Waals surface area contributed by atoms with Crippen molar-refractivity contribution in [3.05, 3.63) is 70.8 Å². The highest BCUT2D eigenvalue weighted by Crippen LogP contribution is 2.20. The number of aromatic amines is 1. The number of benzene rings is 2. The van der Waals surface area contributed by atoms with E-state index in [0.717, 1.165) is 25.7 Å². The average molecular weight is 423 g/mol. The van der Waals surface area contributed by atoms with Crippen LogP contribution in [-0.4, -0.2) is 40.5 Å². The molecule has 0 saturated heterocycles. The number of hydrogen-bond acceptors (Lipinski definition) is 5. The van der Waals surface area contributed by atoms with Crippen molar-refractivity contribution in [2.45, 2.75) is 38.6 Å². The summed E-state index contributed by atoms with van der Waals surface area (Å²) in [6.07, 6.45) is 3.83. The van der Waals surface area contributed by atoms with Crippen molar-refractivity contribution in [3.63, 3.8) is 0 Å². The van der Waals surface area contributed by atoms with Crippen LogP contribution in [-0.2, 0) is 4.79 Å². The SMILES string of the molecule is C[C@H](c1nc2ccccc2c(=O)[nH]1)N(CCCCCCN)C(=O)COc1ccccc1. The zero-order valence-corrected chi connectivity index (χ0v) is 17.9. The minimum Gasteiger partial charge on any atom is -0.484 e. The van der Waals surface area contributed by atoms with Gasteiger partial charge < -0.3 is 20.4 Å². The Morgan fingerprint density at radius 2 is 1.77 bits per heavy atom. The molecule has 7 heteroatoms. The van der Waals surface area contributed by atoms with Crippen LogP contribution < -0.4 is 16.0 Å². The van der Waals surface area contributed by atoms with Gasteiger partial charge in [-0.1, -0.05) is 43.2 Å². The molecule has 0 bridgehead atoms. The molecule has 0 aliphatic carbocycles. The van der Waals surface area contributed by atoms with Gasteiger partial charge in [-0.05, 0) is 50.6 Å². The predicted octanol–water partition coefficient (Wildman–Crippen LogP) is 3.41. The van der Waals surface area contributed by atoms with Crippen LogP contribution in [0, 0.1) is 0 Å². The molecule has 1 atom stereocenters. The number of hydrogen-bond donors (Lipinski definition) is 2. The number of nitrogens with zero attached hydrogens (tertiary/aromatic N) is 2. The van der Waals surface area contributed by atoms with Gasteiger partial charge in [0, 0.05) is 6.54 Å². The zero-order chi connectivity index (χ0) is 22.1. The first kappa shape index (κ1) is 22.5. The van der Waals surface area contributed by atoms with Crippen LogP contribution in [0.15, 0.2) is 59.4 Å². The number of rotatable bonds is 11. The number of ether oxygens (including phenoxy) is 1. The minimum absolute atomic E-state index is 0.0744. The highest BCUT2D eigenvalue weighted by molar-refractivity contribution is 5.79. The first-order valence-electron chi connectivity index (χ1n) is 10.8. The van der Waals surface area contributed by atoms with Gasteiger partial charge in [-0.3, -0.25) is 9.59 Å². The van der Waals surface area contributed by atoms with Crippen molar-refractivity contribution in [1.29, 1.82) is 0 Å². The van der Waals surface area contributed by atoms with Crippen molar-refractivity contribution in [3.8, 4) is 5.75 Å². The van der Waals surface area contributed by atoms with E-state index in [2.05, 4.69) is 9.97 Å². The van der Waals surface area contributed by atoms with Gasteiger partial charge >= 0.3 is 0 Å². The summed E-state index contributed by atoms with van der Waals surface area (Å²) in [4.78, 5) is 34.8. The number of aromatic nitrogens is 2. The molecular weight excluding hydrogens is 392 g/mol. The van der Waals surface area contributed by atoms with Crippen LogP contribution in [0.2, 0.25) is 0 Å². The molecule has 1 amide bonds. The Morgan fingerprint density at radius 1 is 1.06 bits per heavy atom. The lowest BCUT2D eigenvalue weighted by Gasteiger charge is -2.29. The van der Waals surface area contributed by atoms with Crippen LogP contribution in [0.1, 0.15) is 44.5 Å². The highest BCUT2D eigenvalue weighted by Gasteiger charge is 2.24. The second-order valence-electron chi connectivity index (χ2n) is 7.54. The third-order valence-corrected chi connectivity index (χ3v) is 5.27. The number of unbranched alkanes of at least 4 members (excludes halogenated alkanes) is 3. The average Bonchev–Trinajstić information content (AvgIpc) is 2.80. The summed E-state index contributed by atoms with van der Waals surface area (Å²) in [7, 11) is 0. The maximum Gasteiger partial charge on any atom is 0.261 e. The van der Waals surface area contributed by atoms with Gasteiger partial charge in [0.1, 0.15) is 11.6 Å². The molecule has 0 spiro atoms. The Bertz CT molecular complexity index is 1040. The fraction of sp³-hybridized carbons (Fsp3) is 0.375. The molecule has 0 fully saturated rings. The van der Waals surface area contributed by atoms with Crippen molar-refractivity contribution < 1.29 is 9.53 Å². The number of amides is 1. The summed E-state index contributed by atoms with van der Waals surface area (Å²) in [5.74, 6) is 0.966. The van der Waals surface area contributed by atoms with Crippen LogP contribution in [0.25, 0.3) is 10.9 Å². The second kappa shape index (κ2) is 11.3. The molecule has 0 aliphatic heterocycles. The molecule has 3 rings (SSSR count). The molecule has 0 saturated carbocycles. The Labute approximate surface area is 182 Å². The Hall–Kier alpha value is -3.19. The van der Waals surface area contributed by atoms with E-state index in [1.165, 1.54) is 0 Å². The standard InChI is InChI=1S/C24H30N4O3/c1-18(23-26-21-14-8-7-13-20(21)24(30)27-23)28(16-10-3-2-9-15-25)22(29)17-31-19-11-5-4-6-12-19/h4-8,11-14,18H,2-3,9-10,15-17,25H2,1H3,(H,26,27,30)/t18-/m1/s1. The molecule has 3 N–H and O–H groups in total. The molecule has 0 aliphatic rings. The van der Waals surface area contributed by atoms with Gasteiger partial charge in [0.15, 0.2) is 6.61 Å². The van der Waals surface area contributed by atoms with Gasteiger partial charge in [0.2, 0.25) is 0 Å². The lowest BCUT2D eigenvalue weighted by molar-refractivity contribution is -0.135. The van der Waals surface area contributed by atoms with Gasteiger partial charge in [0.05, 0.1) is 16.9 Å². The summed E-state index contributed by atoms with van der Waals surface area (Å²) >= 11 is 0. The lowest BCUT2D eigenvalue weighted by atomic mass is 10.1. The lowest BCUT2D eigenvalue weighted by Crippen LogP contribution is -2.39. The normalized spacial score (nSPS) is 11.9. The fourth-order valence-electron chi connectivity index (χ4n) is 3.51. The van der Waals surface area contributed by atoms with Crippen molar-refractivity contribution in [2.24, 2.45) is 5.73 Å². The van der Waals surface area contributed by atoms with Gasteiger partial charge in [-0.25, -0.2) is 4.98 Å². The molecule has 1 heterocycles. The van der Waals surface area contributed by atoms with Gasteiger partial charge in [-0.2, -0.15) is 0 Å². The third-order valence-electron chi connectivity index (χ3n) is 5.27. The maximum atomic E-state index is 13.1. The largest absolute Gasteiger partial charge is 0.484 e. The van der Waals surface area contributed by atoms with E-state index in [4.69, 9.17) is 10.5 Å². The first-order chi connectivity index (χ1) is 15.1.